The van der Waals surface area contributed by atoms with Crippen LogP contribution in [0, 0.1) is 6.57 Å². The van der Waals surface area contributed by atoms with Crippen molar-refractivity contribution in [1.29, 1.82) is 0 Å². The Kier molecular flexibility index (Phi) is 8.81. The van der Waals surface area contributed by atoms with Crippen molar-refractivity contribution >= 4 is 49.3 Å². The van der Waals surface area contributed by atoms with Gasteiger partial charge in [-0.15, -0.1) is 0 Å². The number of rotatable bonds is 7. The lowest BCUT2D eigenvalue weighted by Crippen LogP contribution is -1.96. The molecule has 12 rings (SSSR count). The molecule has 5 nitrogen and oxygen atoms in total. The Morgan fingerprint density at radius 1 is 0.328 bits per heavy atom. The topological polar surface area (TPSA) is 40.0 Å². The molecule has 64 heavy (non-hydrogen) atoms. The molecule has 298 valence electrons. The molecule has 0 aliphatic carbocycles. The van der Waals surface area contributed by atoms with Gasteiger partial charge in [0.1, 0.15) is 5.82 Å². The van der Waals surface area contributed by atoms with Gasteiger partial charge in [0.05, 0.1) is 40.0 Å². The van der Waals surface area contributed by atoms with E-state index in [1.165, 1.54) is 43.6 Å². The second-order valence-corrected chi connectivity index (χ2v) is 16.1. The minimum absolute atomic E-state index is 0.530. The Bertz CT molecular complexity index is 3710. The van der Waals surface area contributed by atoms with Crippen LogP contribution in [0.5, 0.6) is 0 Å². The molecule has 3 aromatic heterocycles. The summed E-state index contributed by atoms with van der Waals surface area (Å²) >= 11 is 0. The van der Waals surface area contributed by atoms with E-state index in [-0.39, 0.29) is 0 Å². The molecule has 0 unspecified atom stereocenters. The van der Waals surface area contributed by atoms with Gasteiger partial charge >= 0.3 is 0 Å². The summed E-state index contributed by atoms with van der Waals surface area (Å²) < 4.78 is 4.77. The summed E-state index contributed by atoms with van der Waals surface area (Å²) in [5.74, 6) is 0.538. The van der Waals surface area contributed by atoms with Crippen molar-refractivity contribution in [3.05, 3.63) is 236 Å². The van der Waals surface area contributed by atoms with Gasteiger partial charge in [0.15, 0.2) is 5.69 Å². The van der Waals surface area contributed by atoms with Gasteiger partial charge in [-0.2, -0.15) is 0 Å². The third kappa shape index (κ3) is 6.24. The predicted octanol–water partition coefficient (Wildman–Crippen LogP) is 15.6. The van der Waals surface area contributed by atoms with Crippen LogP contribution in [0.1, 0.15) is 0 Å². The van der Waals surface area contributed by atoms with Crippen LogP contribution in [0.3, 0.4) is 0 Å². The van der Waals surface area contributed by atoms with Gasteiger partial charge in [0.2, 0.25) is 0 Å². The van der Waals surface area contributed by atoms with E-state index in [9.17, 15) is 0 Å². The minimum atomic E-state index is 0.530. The zero-order valence-electron chi connectivity index (χ0n) is 34.6. The summed E-state index contributed by atoms with van der Waals surface area (Å²) in [6.45, 7) is 7.74. The largest absolute Gasteiger partial charge is 0.309 e. The van der Waals surface area contributed by atoms with Crippen molar-refractivity contribution in [2.75, 3.05) is 0 Å². The molecular weight excluding hydrogens is 779 g/mol. The molecule has 0 spiro atoms. The van der Waals surface area contributed by atoms with E-state index in [2.05, 4.69) is 178 Å². The number of fused-ring (bicyclic) bond motifs is 6. The summed E-state index contributed by atoms with van der Waals surface area (Å²) in [4.78, 5) is 13.6. The van der Waals surface area contributed by atoms with Gasteiger partial charge in [-0.1, -0.05) is 170 Å². The second-order valence-electron chi connectivity index (χ2n) is 16.1. The standard InChI is InChI=1S/C59H37N5/c1-60-52-19-9-5-18-50(52)59-61-53(43-13-3-2-4-14-43)38-54(62-59)44-29-27-41(28-30-44)39-23-25-40(26-24-39)42-31-33-45(34-32-42)63-57-22-12-8-17-49(57)51-37-46(35-36-58(51)63)64-55-20-10-6-15-47(55)48-16-7-11-21-56(48)64/h2-38H. The van der Waals surface area contributed by atoms with Crippen molar-refractivity contribution in [2.45, 2.75) is 0 Å². The Morgan fingerprint density at radius 2 is 0.734 bits per heavy atom. The molecule has 0 radical (unpaired) electrons. The maximum absolute atomic E-state index is 7.74. The number of nitrogens with zero attached hydrogens (tertiary/aromatic N) is 5. The third-order valence-corrected chi connectivity index (χ3v) is 12.4. The first-order chi connectivity index (χ1) is 31.7. The molecule has 9 aromatic carbocycles. The predicted molar refractivity (Wildman–Crippen MR) is 264 cm³/mol. The summed E-state index contributed by atoms with van der Waals surface area (Å²) in [5.41, 5.74) is 16.5. The Morgan fingerprint density at radius 3 is 1.30 bits per heavy atom. The van der Waals surface area contributed by atoms with E-state index < -0.39 is 0 Å². The zero-order valence-corrected chi connectivity index (χ0v) is 34.6. The van der Waals surface area contributed by atoms with E-state index in [1.807, 2.05) is 60.7 Å². The van der Waals surface area contributed by atoms with Crippen LogP contribution in [0.4, 0.5) is 5.69 Å². The first-order valence-corrected chi connectivity index (χ1v) is 21.4. The van der Waals surface area contributed by atoms with E-state index in [1.54, 1.807) is 0 Å². The number of hydrogen-bond donors (Lipinski definition) is 0. The monoisotopic (exact) mass is 815 g/mol. The summed E-state index contributed by atoms with van der Waals surface area (Å²) in [6.07, 6.45) is 0. The molecule has 0 aliphatic heterocycles. The molecule has 0 fully saturated rings. The minimum Gasteiger partial charge on any atom is -0.309 e. The lowest BCUT2D eigenvalue weighted by molar-refractivity contribution is 1.17. The fraction of sp³-hybridized carbons (Fsp3) is 0. The number of hydrogen-bond acceptors (Lipinski definition) is 2. The van der Waals surface area contributed by atoms with Gasteiger partial charge in [-0.3, -0.25) is 0 Å². The first-order valence-electron chi connectivity index (χ1n) is 21.4. The van der Waals surface area contributed by atoms with Crippen LogP contribution in [0.25, 0.3) is 116 Å². The van der Waals surface area contributed by atoms with Crippen molar-refractivity contribution in [1.82, 2.24) is 19.1 Å². The van der Waals surface area contributed by atoms with Crippen LogP contribution in [0.15, 0.2) is 224 Å². The molecule has 0 saturated carbocycles. The molecule has 0 atom stereocenters. The van der Waals surface area contributed by atoms with E-state index in [0.717, 1.165) is 61.7 Å². The number of aromatic nitrogens is 4. The summed E-state index contributed by atoms with van der Waals surface area (Å²) in [7, 11) is 0. The average molecular weight is 816 g/mol. The second kappa shape index (κ2) is 15.3. The number of para-hydroxylation sites is 4. The van der Waals surface area contributed by atoms with Crippen molar-refractivity contribution < 1.29 is 0 Å². The molecule has 0 aliphatic rings. The SMILES string of the molecule is [C-]#[N+]c1ccccc1-c1nc(-c2ccccc2)cc(-c2ccc(-c3ccc(-c4ccc(-n5c6ccccc6c6cc(-n7c8ccccc8c8ccccc87)ccc65)cc4)cc3)cc2)n1. The van der Waals surface area contributed by atoms with Crippen LogP contribution >= 0.6 is 0 Å². The first kappa shape index (κ1) is 37.0. The Balaban J connectivity index is 0.839. The maximum Gasteiger partial charge on any atom is 0.198 e. The lowest BCUT2D eigenvalue weighted by Gasteiger charge is -2.12. The highest BCUT2D eigenvalue weighted by Gasteiger charge is 2.17. The fourth-order valence-corrected chi connectivity index (χ4v) is 9.30. The molecule has 3 heterocycles. The van der Waals surface area contributed by atoms with E-state index >= 15 is 0 Å². The molecule has 0 saturated heterocycles. The maximum atomic E-state index is 7.74. The fourth-order valence-electron chi connectivity index (χ4n) is 9.30. The van der Waals surface area contributed by atoms with E-state index in [4.69, 9.17) is 16.5 Å². The van der Waals surface area contributed by atoms with Crippen LogP contribution in [0.2, 0.25) is 0 Å². The van der Waals surface area contributed by atoms with Gasteiger partial charge in [-0.25, -0.2) is 14.8 Å². The van der Waals surface area contributed by atoms with Crippen molar-refractivity contribution in [3.63, 3.8) is 0 Å². The van der Waals surface area contributed by atoms with Crippen molar-refractivity contribution in [2.24, 2.45) is 0 Å². The normalized spacial score (nSPS) is 11.4. The molecular formula is C59H37N5. The smallest absolute Gasteiger partial charge is 0.198 e. The highest BCUT2D eigenvalue weighted by atomic mass is 15.0. The molecule has 5 heteroatoms. The molecule has 0 bridgehead atoms. The highest BCUT2D eigenvalue weighted by Crippen LogP contribution is 2.38. The van der Waals surface area contributed by atoms with Crippen LogP contribution in [-0.4, -0.2) is 19.1 Å². The Hall–Kier alpha value is -8.85. The summed E-state index contributed by atoms with van der Waals surface area (Å²) in [6, 6.07) is 78.8. The lowest BCUT2D eigenvalue weighted by atomic mass is 9.98. The average Bonchev–Trinajstić information content (AvgIpc) is 3.89. The van der Waals surface area contributed by atoms with Crippen LogP contribution < -0.4 is 0 Å². The third-order valence-electron chi connectivity index (χ3n) is 12.4. The van der Waals surface area contributed by atoms with Crippen molar-refractivity contribution in [3.8, 4) is 67.5 Å². The zero-order chi connectivity index (χ0) is 42.6. The van der Waals surface area contributed by atoms with Gasteiger partial charge < -0.3 is 9.13 Å². The highest BCUT2D eigenvalue weighted by molar-refractivity contribution is 6.12. The van der Waals surface area contributed by atoms with Gasteiger partial charge in [0.25, 0.3) is 0 Å². The molecule has 12 aromatic rings. The van der Waals surface area contributed by atoms with Gasteiger partial charge in [0, 0.05) is 49.6 Å². The van der Waals surface area contributed by atoms with Gasteiger partial charge in [-0.05, 0) is 76.9 Å². The van der Waals surface area contributed by atoms with E-state index in [0.29, 0.717) is 11.5 Å². The Labute approximate surface area is 370 Å². The molecule has 0 N–H and O–H groups in total. The van der Waals surface area contributed by atoms with Crippen LogP contribution in [-0.2, 0) is 0 Å². The quantitative estimate of drug-likeness (QED) is 0.150. The molecule has 0 amide bonds. The number of benzene rings is 9. The summed E-state index contributed by atoms with van der Waals surface area (Å²) in [5, 5.41) is 4.98.